The highest BCUT2D eigenvalue weighted by Crippen LogP contribution is 2.24. The maximum atomic E-state index is 4.49. The summed E-state index contributed by atoms with van der Waals surface area (Å²) >= 11 is 0. The third-order valence-electron chi connectivity index (χ3n) is 4.21. The number of pyridine rings is 1. The third kappa shape index (κ3) is 2.84. The Kier molecular flexibility index (Phi) is 4.00. The van der Waals surface area contributed by atoms with Crippen LogP contribution in [0.1, 0.15) is 50.6 Å². The molecule has 1 aliphatic rings. The minimum Gasteiger partial charge on any atom is -0.353 e. The van der Waals surface area contributed by atoms with Crippen LogP contribution in [0.5, 0.6) is 0 Å². The Bertz CT molecular complexity index is 528. The highest BCUT2D eigenvalue weighted by molar-refractivity contribution is 5.31. The van der Waals surface area contributed by atoms with Crippen molar-refractivity contribution >= 4 is 5.95 Å². The summed E-state index contributed by atoms with van der Waals surface area (Å²) in [4.78, 5) is 8.58. The van der Waals surface area contributed by atoms with Gasteiger partial charge in [-0.1, -0.05) is 19.3 Å². The molecular weight excluding hydrogens is 248 g/mol. The van der Waals surface area contributed by atoms with Gasteiger partial charge in [0.15, 0.2) is 0 Å². The molecule has 4 heteroatoms. The zero-order chi connectivity index (χ0) is 13.8. The molecule has 0 aromatic carbocycles. The van der Waals surface area contributed by atoms with E-state index in [1.807, 2.05) is 18.6 Å². The number of aromatic nitrogens is 3. The largest absolute Gasteiger partial charge is 0.353 e. The van der Waals surface area contributed by atoms with Gasteiger partial charge < -0.3 is 9.88 Å². The molecule has 2 aromatic rings. The monoisotopic (exact) mass is 270 g/mol. The van der Waals surface area contributed by atoms with Gasteiger partial charge in [-0.05, 0) is 37.5 Å². The van der Waals surface area contributed by atoms with Crippen LogP contribution < -0.4 is 5.32 Å². The van der Waals surface area contributed by atoms with E-state index in [1.54, 1.807) is 0 Å². The van der Waals surface area contributed by atoms with Crippen LogP contribution in [-0.4, -0.2) is 20.6 Å². The van der Waals surface area contributed by atoms with E-state index in [1.165, 1.54) is 37.7 Å². The van der Waals surface area contributed by atoms with Crippen molar-refractivity contribution in [2.75, 3.05) is 5.32 Å². The first-order valence-electron chi connectivity index (χ1n) is 7.54. The molecular formula is C16H22N4. The van der Waals surface area contributed by atoms with Gasteiger partial charge in [0.25, 0.3) is 0 Å². The number of rotatable bonds is 4. The van der Waals surface area contributed by atoms with E-state index in [0.717, 1.165) is 5.95 Å². The Labute approximate surface area is 120 Å². The molecule has 2 aromatic heterocycles. The Hall–Kier alpha value is -1.84. The zero-order valence-electron chi connectivity index (χ0n) is 12.0. The highest BCUT2D eigenvalue weighted by Gasteiger charge is 2.17. The van der Waals surface area contributed by atoms with E-state index in [2.05, 4.69) is 45.1 Å². The van der Waals surface area contributed by atoms with E-state index in [0.29, 0.717) is 6.04 Å². The minimum absolute atomic E-state index is 0.270. The van der Waals surface area contributed by atoms with Crippen LogP contribution in [0.3, 0.4) is 0 Å². The average molecular weight is 270 g/mol. The zero-order valence-corrected chi connectivity index (χ0v) is 12.0. The molecule has 1 saturated carbocycles. The van der Waals surface area contributed by atoms with Gasteiger partial charge in [0.05, 0.1) is 6.04 Å². The Morgan fingerprint density at radius 3 is 2.65 bits per heavy atom. The molecule has 0 spiro atoms. The minimum atomic E-state index is 0.270. The second-order valence-electron chi connectivity index (χ2n) is 5.59. The lowest BCUT2D eigenvalue weighted by molar-refractivity contribution is 0.458. The first-order chi connectivity index (χ1) is 9.84. The number of hydrogen-bond donors (Lipinski definition) is 1. The highest BCUT2D eigenvalue weighted by atomic mass is 15.2. The normalized spacial score (nSPS) is 17.9. The molecule has 20 heavy (non-hydrogen) atoms. The van der Waals surface area contributed by atoms with Crippen molar-refractivity contribution in [3.63, 3.8) is 0 Å². The summed E-state index contributed by atoms with van der Waals surface area (Å²) < 4.78 is 2.21. The second-order valence-corrected chi connectivity index (χ2v) is 5.59. The molecule has 1 atom stereocenters. The molecule has 4 nitrogen and oxygen atoms in total. The molecule has 0 bridgehead atoms. The summed E-state index contributed by atoms with van der Waals surface area (Å²) in [5.41, 5.74) is 1.25. The van der Waals surface area contributed by atoms with Crippen LogP contribution in [-0.2, 0) is 0 Å². The van der Waals surface area contributed by atoms with Gasteiger partial charge in [-0.3, -0.25) is 4.98 Å². The Balaban J connectivity index is 1.75. The first kappa shape index (κ1) is 13.2. The Morgan fingerprint density at radius 2 is 1.90 bits per heavy atom. The lowest BCUT2D eigenvalue weighted by Crippen LogP contribution is -2.25. The molecule has 2 heterocycles. The standard InChI is InChI=1S/C16H22N4/c1-13(14-7-9-17-10-8-14)20-12-11-18-16(20)19-15-5-3-2-4-6-15/h7-13,15H,2-6H2,1H3,(H,18,19). The smallest absolute Gasteiger partial charge is 0.203 e. The van der Waals surface area contributed by atoms with E-state index >= 15 is 0 Å². The van der Waals surface area contributed by atoms with Crippen molar-refractivity contribution in [2.45, 2.75) is 51.1 Å². The SMILES string of the molecule is CC(c1ccncc1)n1ccnc1NC1CCCCC1. The molecule has 1 aliphatic carbocycles. The molecule has 1 fully saturated rings. The van der Waals surface area contributed by atoms with Crippen molar-refractivity contribution in [1.29, 1.82) is 0 Å². The number of nitrogens with one attached hydrogen (secondary N) is 1. The molecule has 0 aliphatic heterocycles. The van der Waals surface area contributed by atoms with Crippen LogP contribution in [0.25, 0.3) is 0 Å². The van der Waals surface area contributed by atoms with Crippen molar-refractivity contribution < 1.29 is 0 Å². The fraction of sp³-hybridized carbons (Fsp3) is 0.500. The van der Waals surface area contributed by atoms with Crippen LogP contribution in [0.2, 0.25) is 0 Å². The van der Waals surface area contributed by atoms with E-state index in [4.69, 9.17) is 0 Å². The summed E-state index contributed by atoms with van der Waals surface area (Å²) in [6.45, 7) is 2.20. The molecule has 1 N–H and O–H groups in total. The van der Waals surface area contributed by atoms with Crippen LogP contribution >= 0.6 is 0 Å². The molecule has 106 valence electrons. The fourth-order valence-corrected chi connectivity index (χ4v) is 2.97. The number of nitrogens with zero attached hydrogens (tertiary/aromatic N) is 3. The summed E-state index contributed by atoms with van der Waals surface area (Å²) in [5.74, 6) is 0.987. The molecule has 3 rings (SSSR count). The number of anilines is 1. The van der Waals surface area contributed by atoms with Gasteiger partial charge in [-0.2, -0.15) is 0 Å². The van der Waals surface area contributed by atoms with E-state index < -0.39 is 0 Å². The lowest BCUT2D eigenvalue weighted by Gasteiger charge is -2.25. The van der Waals surface area contributed by atoms with Gasteiger partial charge in [-0.25, -0.2) is 4.98 Å². The number of imidazole rings is 1. The maximum Gasteiger partial charge on any atom is 0.203 e. The molecule has 1 unspecified atom stereocenters. The number of hydrogen-bond acceptors (Lipinski definition) is 3. The van der Waals surface area contributed by atoms with Gasteiger partial charge in [-0.15, -0.1) is 0 Å². The van der Waals surface area contributed by atoms with Crippen molar-refractivity contribution in [3.05, 3.63) is 42.5 Å². The maximum absolute atomic E-state index is 4.49. The van der Waals surface area contributed by atoms with Crippen LogP contribution in [0.15, 0.2) is 36.9 Å². The predicted molar refractivity (Wildman–Crippen MR) is 80.8 cm³/mol. The van der Waals surface area contributed by atoms with E-state index in [9.17, 15) is 0 Å². The fourth-order valence-electron chi connectivity index (χ4n) is 2.97. The summed E-state index contributed by atoms with van der Waals surface area (Å²) in [6, 6.07) is 4.98. The predicted octanol–water partition coefficient (Wildman–Crippen LogP) is 3.63. The second kappa shape index (κ2) is 6.07. The first-order valence-corrected chi connectivity index (χ1v) is 7.54. The summed E-state index contributed by atoms with van der Waals surface area (Å²) in [6.07, 6.45) is 14.2. The quantitative estimate of drug-likeness (QED) is 0.922. The van der Waals surface area contributed by atoms with Crippen molar-refractivity contribution in [1.82, 2.24) is 14.5 Å². The van der Waals surface area contributed by atoms with Crippen LogP contribution in [0, 0.1) is 0 Å². The third-order valence-corrected chi connectivity index (χ3v) is 4.21. The average Bonchev–Trinajstić information content (AvgIpc) is 2.96. The van der Waals surface area contributed by atoms with Gasteiger partial charge in [0.2, 0.25) is 5.95 Å². The molecule has 0 radical (unpaired) electrons. The van der Waals surface area contributed by atoms with Crippen molar-refractivity contribution in [3.8, 4) is 0 Å². The lowest BCUT2D eigenvalue weighted by atomic mass is 9.96. The van der Waals surface area contributed by atoms with Crippen LogP contribution in [0.4, 0.5) is 5.95 Å². The van der Waals surface area contributed by atoms with Gasteiger partial charge in [0.1, 0.15) is 0 Å². The summed E-state index contributed by atoms with van der Waals surface area (Å²) in [5, 5.41) is 3.62. The Morgan fingerprint density at radius 1 is 1.15 bits per heavy atom. The van der Waals surface area contributed by atoms with Gasteiger partial charge in [0, 0.05) is 30.8 Å². The molecule has 0 amide bonds. The summed E-state index contributed by atoms with van der Waals surface area (Å²) in [7, 11) is 0. The van der Waals surface area contributed by atoms with Gasteiger partial charge >= 0.3 is 0 Å². The topological polar surface area (TPSA) is 42.7 Å². The molecule has 0 saturated heterocycles. The van der Waals surface area contributed by atoms with E-state index in [-0.39, 0.29) is 6.04 Å². The van der Waals surface area contributed by atoms with Crippen molar-refractivity contribution in [2.24, 2.45) is 0 Å².